The Morgan fingerprint density at radius 3 is 2.59 bits per heavy atom. The Hall–Kier alpha value is -2.86. The summed E-state index contributed by atoms with van der Waals surface area (Å²) in [4.78, 5) is 11.9. The van der Waals surface area contributed by atoms with Crippen molar-refractivity contribution in [2.75, 3.05) is 0 Å². The highest BCUT2D eigenvalue weighted by molar-refractivity contribution is 5.93. The quantitative estimate of drug-likeness (QED) is 0.366. The maximum atomic E-state index is 11.9. The summed E-state index contributed by atoms with van der Waals surface area (Å²) in [7, 11) is 0. The molecule has 0 amide bonds. The monoisotopic (exact) mass is 291 g/mol. The number of benzene rings is 1. The normalized spacial score (nSPS) is 21.7. The first-order valence-electron chi connectivity index (χ1n) is 6.96. The van der Waals surface area contributed by atoms with Crippen LogP contribution in [0.2, 0.25) is 0 Å². The van der Waals surface area contributed by atoms with Crippen LogP contribution < -0.4 is 0 Å². The Kier molecular flexibility index (Phi) is 4.75. The van der Waals surface area contributed by atoms with Crippen molar-refractivity contribution in [3.63, 3.8) is 0 Å². The fourth-order valence-electron chi connectivity index (χ4n) is 2.38. The van der Waals surface area contributed by atoms with Gasteiger partial charge < -0.3 is 4.74 Å². The SMILES string of the molecule is C=C(/C=C\C(C#N)=C/C)[C@H]1OC(=O)C(=C)[C@H]1c1ccccc1. The van der Waals surface area contributed by atoms with Crippen LogP contribution in [0.5, 0.6) is 0 Å². The molecule has 0 spiro atoms. The van der Waals surface area contributed by atoms with Crippen LogP contribution >= 0.6 is 0 Å². The van der Waals surface area contributed by atoms with Crippen LogP contribution in [0.1, 0.15) is 18.4 Å². The molecule has 1 aromatic carbocycles. The second kappa shape index (κ2) is 6.73. The van der Waals surface area contributed by atoms with Gasteiger partial charge in [-0.1, -0.05) is 55.6 Å². The average Bonchev–Trinajstić information content (AvgIpc) is 2.84. The lowest BCUT2D eigenvalue weighted by Crippen LogP contribution is -2.16. The van der Waals surface area contributed by atoms with Gasteiger partial charge in [0.15, 0.2) is 0 Å². The number of nitrogens with zero attached hydrogens (tertiary/aromatic N) is 1. The van der Waals surface area contributed by atoms with Crippen LogP contribution in [0, 0.1) is 11.3 Å². The fraction of sp³-hybridized carbons (Fsp3) is 0.158. The number of nitriles is 1. The number of allylic oxidation sites excluding steroid dienone is 3. The summed E-state index contributed by atoms with van der Waals surface area (Å²) in [5.74, 6) is -0.651. The van der Waals surface area contributed by atoms with Crippen molar-refractivity contribution in [3.05, 3.63) is 84.0 Å². The Morgan fingerprint density at radius 2 is 2.00 bits per heavy atom. The van der Waals surface area contributed by atoms with Crippen molar-refractivity contribution in [2.45, 2.75) is 18.9 Å². The molecule has 0 unspecified atom stereocenters. The molecule has 110 valence electrons. The van der Waals surface area contributed by atoms with E-state index in [1.807, 2.05) is 30.3 Å². The number of hydrogen-bond acceptors (Lipinski definition) is 3. The third-order valence-corrected chi connectivity index (χ3v) is 3.62. The minimum atomic E-state index is -0.490. The minimum Gasteiger partial charge on any atom is -0.453 e. The highest BCUT2D eigenvalue weighted by atomic mass is 16.6. The molecule has 1 aromatic rings. The van der Waals surface area contributed by atoms with Gasteiger partial charge in [-0.2, -0.15) is 5.26 Å². The minimum absolute atomic E-state index is 0.248. The molecular formula is C19H17NO2. The van der Waals surface area contributed by atoms with Crippen LogP contribution in [-0.2, 0) is 9.53 Å². The number of rotatable bonds is 4. The van der Waals surface area contributed by atoms with Gasteiger partial charge in [0.1, 0.15) is 6.10 Å². The number of carbonyl (C=O) groups excluding carboxylic acids is 1. The van der Waals surface area contributed by atoms with Gasteiger partial charge in [0.25, 0.3) is 0 Å². The van der Waals surface area contributed by atoms with E-state index in [0.717, 1.165) is 5.56 Å². The Bertz CT molecular complexity index is 705. The second-order valence-corrected chi connectivity index (χ2v) is 5.00. The van der Waals surface area contributed by atoms with E-state index in [4.69, 9.17) is 10.00 Å². The van der Waals surface area contributed by atoms with E-state index in [0.29, 0.717) is 16.7 Å². The van der Waals surface area contributed by atoms with Crippen LogP contribution in [0.4, 0.5) is 0 Å². The van der Waals surface area contributed by atoms with Crippen molar-refractivity contribution in [3.8, 4) is 6.07 Å². The molecule has 0 aliphatic carbocycles. The van der Waals surface area contributed by atoms with E-state index in [9.17, 15) is 4.79 Å². The van der Waals surface area contributed by atoms with E-state index in [2.05, 4.69) is 19.2 Å². The van der Waals surface area contributed by atoms with E-state index in [-0.39, 0.29) is 5.92 Å². The molecule has 1 heterocycles. The van der Waals surface area contributed by atoms with Crippen molar-refractivity contribution < 1.29 is 9.53 Å². The van der Waals surface area contributed by atoms with Crippen molar-refractivity contribution >= 4 is 5.97 Å². The molecular weight excluding hydrogens is 274 g/mol. The molecule has 22 heavy (non-hydrogen) atoms. The van der Waals surface area contributed by atoms with Crippen molar-refractivity contribution in [2.24, 2.45) is 0 Å². The summed E-state index contributed by atoms with van der Waals surface area (Å²) in [6.07, 6.45) is 4.60. The maximum Gasteiger partial charge on any atom is 0.334 e. The van der Waals surface area contributed by atoms with Crippen LogP contribution in [0.3, 0.4) is 0 Å². The predicted molar refractivity (Wildman–Crippen MR) is 85.9 cm³/mol. The lowest BCUT2D eigenvalue weighted by atomic mass is 9.86. The van der Waals surface area contributed by atoms with E-state index >= 15 is 0 Å². The number of cyclic esters (lactones) is 1. The molecule has 1 aliphatic rings. The summed E-state index contributed by atoms with van der Waals surface area (Å²) in [5, 5.41) is 8.92. The summed E-state index contributed by atoms with van der Waals surface area (Å²) in [5.41, 5.74) is 2.55. The zero-order chi connectivity index (χ0) is 16.1. The van der Waals surface area contributed by atoms with Crippen LogP contribution in [-0.4, -0.2) is 12.1 Å². The molecule has 1 saturated heterocycles. The summed E-state index contributed by atoms with van der Waals surface area (Å²) >= 11 is 0. The molecule has 1 fully saturated rings. The summed E-state index contributed by atoms with van der Waals surface area (Å²) in [6, 6.07) is 11.7. The average molecular weight is 291 g/mol. The standard InChI is InChI=1S/C19H17NO2/c1-4-15(12-20)11-10-13(2)18-17(14(3)19(21)22-18)16-8-6-5-7-9-16/h4-11,17-18H,2-3H2,1H3/b11-10-,15-4+/t17-,18+/m0/s1. The second-order valence-electron chi connectivity index (χ2n) is 5.00. The smallest absolute Gasteiger partial charge is 0.334 e. The molecule has 0 saturated carbocycles. The molecule has 0 aromatic heterocycles. The molecule has 3 nitrogen and oxygen atoms in total. The first-order chi connectivity index (χ1) is 10.6. The highest BCUT2D eigenvalue weighted by Gasteiger charge is 2.40. The molecule has 2 rings (SSSR count). The van der Waals surface area contributed by atoms with Crippen molar-refractivity contribution in [1.29, 1.82) is 5.26 Å². The van der Waals surface area contributed by atoms with Gasteiger partial charge >= 0.3 is 5.97 Å². The van der Waals surface area contributed by atoms with E-state index in [1.54, 1.807) is 25.2 Å². The van der Waals surface area contributed by atoms with Gasteiger partial charge in [0.2, 0.25) is 0 Å². The number of hydrogen-bond donors (Lipinski definition) is 0. The van der Waals surface area contributed by atoms with Crippen LogP contribution in [0.15, 0.2) is 78.4 Å². The molecule has 0 bridgehead atoms. The molecule has 0 radical (unpaired) electrons. The van der Waals surface area contributed by atoms with Gasteiger partial charge in [0.05, 0.1) is 12.0 Å². The summed E-state index contributed by atoms with van der Waals surface area (Å²) in [6.45, 7) is 9.62. The molecule has 2 atom stereocenters. The molecule has 1 aliphatic heterocycles. The third-order valence-electron chi connectivity index (χ3n) is 3.62. The maximum absolute atomic E-state index is 11.9. The Morgan fingerprint density at radius 1 is 1.32 bits per heavy atom. The number of carbonyl (C=O) groups is 1. The van der Waals surface area contributed by atoms with E-state index < -0.39 is 12.1 Å². The summed E-state index contributed by atoms with van der Waals surface area (Å²) < 4.78 is 5.41. The number of esters is 1. The Labute approximate surface area is 130 Å². The zero-order valence-corrected chi connectivity index (χ0v) is 12.5. The topological polar surface area (TPSA) is 50.1 Å². The van der Waals surface area contributed by atoms with Crippen molar-refractivity contribution in [1.82, 2.24) is 0 Å². The van der Waals surface area contributed by atoms with Gasteiger partial charge in [-0.3, -0.25) is 0 Å². The first-order valence-corrected chi connectivity index (χ1v) is 6.96. The van der Waals surface area contributed by atoms with Gasteiger partial charge in [-0.15, -0.1) is 0 Å². The highest BCUT2D eigenvalue weighted by Crippen LogP contribution is 2.39. The third kappa shape index (κ3) is 3.07. The zero-order valence-electron chi connectivity index (χ0n) is 12.5. The van der Waals surface area contributed by atoms with Crippen LogP contribution in [0.25, 0.3) is 0 Å². The lowest BCUT2D eigenvalue weighted by molar-refractivity contribution is -0.137. The number of ether oxygens (including phenoxy) is 1. The molecule has 0 N–H and O–H groups in total. The fourth-order valence-corrected chi connectivity index (χ4v) is 2.38. The predicted octanol–water partition coefficient (Wildman–Crippen LogP) is 3.83. The van der Waals surface area contributed by atoms with Gasteiger partial charge in [-0.05, 0) is 24.1 Å². The Balaban J connectivity index is 2.29. The largest absolute Gasteiger partial charge is 0.453 e. The first kappa shape index (κ1) is 15.5. The molecule has 3 heteroatoms. The van der Waals surface area contributed by atoms with Gasteiger partial charge in [-0.25, -0.2) is 4.79 Å². The lowest BCUT2D eigenvalue weighted by Gasteiger charge is -2.18. The van der Waals surface area contributed by atoms with Gasteiger partial charge in [0, 0.05) is 11.1 Å². The van der Waals surface area contributed by atoms with E-state index in [1.165, 1.54) is 0 Å².